The molecule has 1 nitrogen and oxygen atoms in total. The van der Waals surface area contributed by atoms with Gasteiger partial charge in [-0.05, 0) is 12.3 Å². The van der Waals surface area contributed by atoms with Gasteiger partial charge in [0.15, 0.2) is 0 Å². The molecule has 4 rings (SSSR count). The average molecular weight is 465 g/mol. The zero-order valence-corrected chi connectivity index (χ0v) is 19.2. The molecule has 0 amide bonds. The van der Waals surface area contributed by atoms with Crippen molar-refractivity contribution in [3.05, 3.63) is 83.4 Å². The van der Waals surface area contributed by atoms with E-state index in [1.807, 2.05) is 6.07 Å². The van der Waals surface area contributed by atoms with Gasteiger partial charge in [0.05, 0.1) is 7.11 Å². The van der Waals surface area contributed by atoms with Gasteiger partial charge in [-0.25, -0.2) is 12.1 Å². The fourth-order valence-electron chi connectivity index (χ4n) is 2.91. The van der Waals surface area contributed by atoms with Crippen molar-refractivity contribution in [3.8, 4) is 16.9 Å². The molecule has 0 N–H and O–H groups in total. The molecule has 0 atom stereocenters. The van der Waals surface area contributed by atoms with Gasteiger partial charge in [0, 0.05) is 5.75 Å². The van der Waals surface area contributed by atoms with Crippen LogP contribution in [0, 0.1) is 6.07 Å². The second-order valence-electron chi connectivity index (χ2n) is 6.14. The first-order valence-corrected chi connectivity index (χ1v) is 8.07. The molecule has 0 fully saturated rings. The second kappa shape index (κ2) is 11.7. The molecule has 0 aromatic heterocycles. The Morgan fingerprint density at radius 3 is 2.35 bits per heavy atom. The Kier molecular flexibility index (Phi) is 11.3. The summed E-state index contributed by atoms with van der Waals surface area (Å²) in [5.41, 5.74) is 6.69. The van der Waals surface area contributed by atoms with Gasteiger partial charge in [-0.1, -0.05) is 49.2 Å². The number of hydrogen-bond donors (Lipinski definition) is 0. The minimum absolute atomic E-state index is 0. The molecule has 3 aromatic rings. The van der Waals surface area contributed by atoms with Crippen molar-refractivity contribution < 1.29 is 55.8 Å². The van der Waals surface area contributed by atoms with E-state index in [-0.39, 0.29) is 51.0 Å². The fourth-order valence-corrected chi connectivity index (χ4v) is 2.91. The monoisotopic (exact) mass is 462 g/mol. The third-order valence-corrected chi connectivity index (χ3v) is 4.27. The van der Waals surface area contributed by atoms with Gasteiger partial charge in [0.1, 0.15) is 0 Å². The first-order chi connectivity index (χ1) is 11.2. The van der Waals surface area contributed by atoms with Crippen LogP contribution >= 0.6 is 0 Å². The van der Waals surface area contributed by atoms with Crippen LogP contribution in [0.2, 0.25) is 0 Å². The Balaban J connectivity index is 0.000000497. The first kappa shape index (κ1) is 25.1. The van der Waals surface area contributed by atoms with Crippen molar-refractivity contribution in [2.24, 2.45) is 0 Å². The van der Waals surface area contributed by atoms with E-state index in [1.54, 1.807) is 7.11 Å². The molecule has 0 saturated carbocycles. The Morgan fingerprint density at radius 1 is 1.04 bits per heavy atom. The van der Waals surface area contributed by atoms with Crippen LogP contribution in [0.4, 0.5) is 0 Å². The van der Waals surface area contributed by atoms with Crippen LogP contribution in [-0.2, 0) is 32.6 Å². The standard InChI is InChI=1S/C14H11O.C8H11.2ClH.Zr/c1-15-12-7-6-11-8-10-4-2-3-5-13(10)14(11)9-12;1-7(2)8-5-3-4-6-8;;;/h2-5,7,9H,8H2,1H3;3-7H,1-2H3;2*1H;/q2*-1;;;+4/p-2. The summed E-state index contributed by atoms with van der Waals surface area (Å²) >= 11 is 0. The van der Waals surface area contributed by atoms with Gasteiger partial charge < -0.3 is 29.6 Å². The number of ether oxygens (including phenoxy) is 1. The summed E-state index contributed by atoms with van der Waals surface area (Å²) in [7, 11) is 1.69. The molecule has 0 aliphatic heterocycles. The molecule has 0 heterocycles. The van der Waals surface area contributed by atoms with Crippen LogP contribution in [0.15, 0.2) is 60.7 Å². The number of halogens is 2. The zero-order valence-electron chi connectivity index (χ0n) is 15.2. The van der Waals surface area contributed by atoms with Crippen LogP contribution in [-0.4, -0.2) is 7.11 Å². The molecule has 0 radical (unpaired) electrons. The van der Waals surface area contributed by atoms with E-state index in [9.17, 15) is 0 Å². The molecular formula is C22H22Cl2OZr. The number of fused-ring (bicyclic) bond motifs is 3. The summed E-state index contributed by atoms with van der Waals surface area (Å²) in [6.45, 7) is 4.41. The Hall–Kier alpha value is -0.947. The predicted molar refractivity (Wildman–Crippen MR) is 96.2 cm³/mol. The number of methoxy groups -OCH3 is 1. The summed E-state index contributed by atoms with van der Waals surface area (Å²) in [5.74, 6) is 1.57. The first-order valence-electron chi connectivity index (χ1n) is 8.07. The topological polar surface area (TPSA) is 9.23 Å². The zero-order chi connectivity index (χ0) is 16.2. The Labute approximate surface area is 188 Å². The van der Waals surface area contributed by atoms with E-state index in [4.69, 9.17) is 4.74 Å². The molecule has 0 unspecified atom stereocenters. The van der Waals surface area contributed by atoms with Gasteiger partial charge in [0.2, 0.25) is 0 Å². The maximum atomic E-state index is 5.22. The fraction of sp³-hybridized carbons (Fsp3) is 0.227. The molecule has 4 heteroatoms. The molecule has 26 heavy (non-hydrogen) atoms. The normalized spacial score (nSPS) is 10.2. The maximum Gasteiger partial charge on any atom is 4.00 e. The number of hydrogen-bond acceptors (Lipinski definition) is 1. The summed E-state index contributed by atoms with van der Waals surface area (Å²) < 4.78 is 5.22. The van der Waals surface area contributed by atoms with E-state index in [0.717, 1.165) is 12.2 Å². The molecule has 1 aliphatic carbocycles. The van der Waals surface area contributed by atoms with E-state index in [2.05, 4.69) is 74.5 Å². The predicted octanol–water partition coefficient (Wildman–Crippen LogP) is -0.399. The minimum Gasteiger partial charge on any atom is -1.00 e. The number of rotatable bonds is 2. The van der Waals surface area contributed by atoms with Crippen molar-refractivity contribution in [1.82, 2.24) is 0 Å². The molecule has 3 aromatic carbocycles. The minimum atomic E-state index is 0. The van der Waals surface area contributed by atoms with Gasteiger partial charge >= 0.3 is 26.2 Å². The molecule has 0 bridgehead atoms. The molecule has 134 valence electrons. The Morgan fingerprint density at radius 2 is 1.77 bits per heavy atom. The SMILES string of the molecule is CC(C)c1ccc[cH-]1.COc1c[c-]c2c(c1)-c1ccccc1C2.[Cl-].[Cl-].[Zr+4]. The van der Waals surface area contributed by atoms with E-state index in [1.165, 1.54) is 27.8 Å². The third-order valence-electron chi connectivity index (χ3n) is 4.27. The smallest absolute Gasteiger partial charge is 1.00 e. The van der Waals surface area contributed by atoms with Crippen molar-refractivity contribution in [3.63, 3.8) is 0 Å². The third kappa shape index (κ3) is 5.78. The average Bonchev–Trinajstić information content (AvgIpc) is 3.22. The van der Waals surface area contributed by atoms with Crippen LogP contribution in [0.1, 0.15) is 36.5 Å². The van der Waals surface area contributed by atoms with Crippen molar-refractivity contribution >= 4 is 0 Å². The summed E-state index contributed by atoms with van der Waals surface area (Å²) in [6, 6.07) is 24.3. The van der Waals surface area contributed by atoms with Crippen LogP contribution in [0.25, 0.3) is 11.1 Å². The van der Waals surface area contributed by atoms with Gasteiger partial charge in [-0.3, -0.25) is 0 Å². The van der Waals surface area contributed by atoms with Gasteiger partial charge in [-0.15, -0.1) is 23.3 Å². The van der Waals surface area contributed by atoms with Crippen LogP contribution in [0.3, 0.4) is 0 Å². The largest absolute Gasteiger partial charge is 4.00 e. The Bertz CT molecular complexity index is 783. The van der Waals surface area contributed by atoms with Crippen molar-refractivity contribution in [2.45, 2.75) is 26.2 Å². The molecule has 1 aliphatic rings. The molecular weight excluding hydrogens is 442 g/mol. The van der Waals surface area contributed by atoms with E-state index < -0.39 is 0 Å². The molecule has 0 spiro atoms. The van der Waals surface area contributed by atoms with E-state index in [0.29, 0.717) is 5.92 Å². The maximum absolute atomic E-state index is 5.22. The van der Waals surface area contributed by atoms with Gasteiger partial charge in [-0.2, -0.15) is 23.8 Å². The van der Waals surface area contributed by atoms with Crippen molar-refractivity contribution in [1.29, 1.82) is 0 Å². The van der Waals surface area contributed by atoms with Crippen LogP contribution < -0.4 is 29.6 Å². The van der Waals surface area contributed by atoms with Crippen LogP contribution in [0.5, 0.6) is 5.75 Å². The van der Waals surface area contributed by atoms with E-state index >= 15 is 0 Å². The second-order valence-corrected chi connectivity index (χ2v) is 6.14. The van der Waals surface area contributed by atoms with Gasteiger partial charge in [0.25, 0.3) is 0 Å². The quantitative estimate of drug-likeness (QED) is 0.367. The summed E-state index contributed by atoms with van der Waals surface area (Å²) in [6.07, 6.45) is 0.996. The summed E-state index contributed by atoms with van der Waals surface area (Å²) in [5, 5.41) is 0. The van der Waals surface area contributed by atoms with Crippen molar-refractivity contribution in [2.75, 3.05) is 7.11 Å². The molecule has 0 saturated heterocycles. The summed E-state index contributed by atoms with van der Waals surface area (Å²) in [4.78, 5) is 0. The number of benzene rings is 2.